The lowest BCUT2D eigenvalue weighted by Gasteiger charge is -2.19. The minimum atomic E-state index is -0.663. The quantitative estimate of drug-likeness (QED) is 0.488. The van der Waals surface area contributed by atoms with Gasteiger partial charge in [-0.2, -0.15) is 5.10 Å². The van der Waals surface area contributed by atoms with E-state index >= 15 is 0 Å². The van der Waals surface area contributed by atoms with E-state index in [0.29, 0.717) is 22.9 Å². The largest absolute Gasteiger partial charge is 0.482 e. The van der Waals surface area contributed by atoms with Crippen LogP contribution in [0.1, 0.15) is 25.0 Å². The van der Waals surface area contributed by atoms with Crippen molar-refractivity contribution in [1.29, 1.82) is 0 Å². The summed E-state index contributed by atoms with van der Waals surface area (Å²) in [5.41, 5.74) is 7.92. The van der Waals surface area contributed by atoms with E-state index in [2.05, 4.69) is 15.4 Å². The summed E-state index contributed by atoms with van der Waals surface area (Å²) in [7, 11) is 1.65. The van der Waals surface area contributed by atoms with Crippen LogP contribution in [-0.4, -0.2) is 27.7 Å². The van der Waals surface area contributed by atoms with E-state index < -0.39 is 11.9 Å². The van der Waals surface area contributed by atoms with Crippen LogP contribution < -0.4 is 15.8 Å². The molecule has 0 bridgehead atoms. The normalized spacial score (nSPS) is 18.3. The van der Waals surface area contributed by atoms with Gasteiger partial charge in [-0.1, -0.05) is 23.2 Å². The highest BCUT2D eigenvalue weighted by Crippen LogP contribution is 2.40. The summed E-state index contributed by atoms with van der Waals surface area (Å²) >= 11 is 12.3. The number of hydrogen-bond donors (Lipinski definition) is 2. The number of aromatic nitrogens is 3. The van der Waals surface area contributed by atoms with Crippen molar-refractivity contribution in [3.63, 3.8) is 0 Å². The van der Waals surface area contributed by atoms with Gasteiger partial charge in [0.25, 0.3) is 0 Å². The van der Waals surface area contributed by atoms with Gasteiger partial charge in [-0.25, -0.2) is 9.37 Å². The number of nitrogens with zero attached hydrogens (tertiary/aromatic N) is 3. The summed E-state index contributed by atoms with van der Waals surface area (Å²) in [6.45, 7) is 2.37. The van der Waals surface area contributed by atoms with Crippen LogP contribution in [0, 0.1) is 17.7 Å². The molecule has 3 N–H and O–H groups in total. The molecule has 1 aliphatic carbocycles. The molecule has 3 atom stereocenters. The van der Waals surface area contributed by atoms with Crippen LogP contribution >= 0.6 is 23.2 Å². The number of carbonyl (C=O) groups is 1. The number of rotatable bonds is 7. The molecule has 0 saturated heterocycles. The van der Waals surface area contributed by atoms with Crippen molar-refractivity contribution in [1.82, 2.24) is 20.1 Å². The summed E-state index contributed by atoms with van der Waals surface area (Å²) in [4.78, 5) is 15.9. The number of amides is 1. The van der Waals surface area contributed by atoms with Crippen molar-refractivity contribution in [3.8, 4) is 16.9 Å². The molecule has 3 aromatic rings. The van der Waals surface area contributed by atoms with Gasteiger partial charge >= 0.3 is 0 Å². The summed E-state index contributed by atoms with van der Waals surface area (Å²) in [6, 6.07) is 4.37. The molecular weight excluding hydrogens is 456 g/mol. The minimum absolute atomic E-state index is 0.0498. The zero-order chi connectivity index (χ0) is 23.0. The molecule has 1 aliphatic rings. The molecule has 2 aromatic heterocycles. The Hall–Kier alpha value is -2.84. The van der Waals surface area contributed by atoms with Gasteiger partial charge in [-0.15, -0.1) is 0 Å². The molecule has 4 rings (SSSR count). The Balaban J connectivity index is 1.51. The minimum Gasteiger partial charge on any atom is -0.482 e. The fourth-order valence-corrected chi connectivity index (χ4v) is 4.36. The summed E-state index contributed by atoms with van der Waals surface area (Å²) < 4.78 is 21.7. The van der Waals surface area contributed by atoms with Crippen molar-refractivity contribution >= 4 is 34.9 Å². The number of nitrogens with one attached hydrogen (secondary N) is 1. The molecule has 0 radical (unpaired) electrons. The zero-order valence-electron chi connectivity index (χ0n) is 17.5. The second-order valence-corrected chi connectivity index (χ2v) is 8.58. The topological polar surface area (TPSA) is 95.1 Å². The van der Waals surface area contributed by atoms with Crippen molar-refractivity contribution in [2.45, 2.75) is 26.0 Å². The molecule has 1 aromatic carbocycles. The Morgan fingerprint density at radius 2 is 2.16 bits per heavy atom. The predicted octanol–water partition coefficient (Wildman–Crippen LogP) is 4.50. The van der Waals surface area contributed by atoms with Gasteiger partial charge in [-0.05, 0) is 37.5 Å². The monoisotopic (exact) mass is 477 g/mol. The van der Waals surface area contributed by atoms with Crippen LogP contribution in [0.4, 0.5) is 10.2 Å². The van der Waals surface area contributed by atoms with Gasteiger partial charge < -0.3 is 15.8 Å². The third kappa shape index (κ3) is 4.52. The number of halogens is 3. The molecule has 0 aliphatic heterocycles. The maximum atomic E-state index is 13.9. The number of carbonyl (C=O) groups excluding carboxylic acids is 1. The Morgan fingerprint density at radius 3 is 2.91 bits per heavy atom. The van der Waals surface area contributed by atoms with Crippen LogP contribution in [0.2, 0.25) is 10.0 Å². The van der Waals surface area contributed by atoms with Crippen LogP contribution in [0.5, 0.6) is 5.75 Å². The lowest BCUT2D eigenvalue weighted by Crippen LogP contribution is -2.21. The molecule has 0 spiro atoms. The number of hydrogen-bond acceptors (Lipinski definition) is 5. The van der Waals surface area contributed by atoms with Crippen molar-refractivity contribution in [2.24, 2.45) is 11.8 Å². The first-order chi connectivity index (χ1) is 15.3. The Labute approximate surface area is 194 Å². The molecular formula is C22H22Cl2FN5O2. The number of nitrogens with two attached hydrogens (primary N) is 1. The van der Waals surface area contributed by atoms with Gasteiger partial charge in [0, 0.05) is 53.6 Å². The van der Waals surface area contributed by atoms with Crippen LogP contribution in [0.15, 0.2) is 36.8 Å². The Kier molecular flexibility index (Phi) is 6.26. The van der Waals surface area contributed by atoms with E-state index in [1.807, 2.05) is 10.9 Å². The smallest absolute Gasteiger partial charge is 0.223 e. The molecule has 10 heteroatoms. The number of pyridine rings is 1. The lowest BCUT2D eigenvalue weighted by molar-refractivity contribution is -0.122. The van der Waals surface area contributed by atoms with Gasteiger partial charge in [-0.3, -0.25) is 9.48 Å². The lowest BCUT2D eigenvalue weighted by atomic mass is 10.1. The standard InChI is InChI=1S/C22H22Cl2FN5O2/c1-11(19-16(23)3-4-17(25)20(19)24)32-18-6-12(7-28-21(18)26)14-8-29-30(10-14)9-13-5-15(13)22(31)27-2/h3-4,6-8,10-11,13,15H,5,9H2,1-2H3,(H2,26,28)(H,27,31). The van der Waals surface area contributed by atoms with E-state index in [9.17, 15) is 9.18 Å². The number of ether oxygens (including phenoxy) is 1. The van der Waals surface area contributed by atoms with E-state index in [0.717, 1.165) is 17.5 Å². The second kappa shape index (κ2) is 8.96. The summed E-state index contributed by atoms with van der Waals surface area (Å²) in [6.07, 6.45) is 5.43. The van der Waals surface area contributed by atoms with E-state index in [4.69, 9.17) is 33.7 Å². The van der Waals surface area contributed by atoms with Gasteiger partial charge in [0.05, 0.1) is 11.2 Å². The average molecular weight is 478 g/mol. The van der Waals surface area contributed by atoms with E-state index in [1.54, 1.807) is 32.4 Å². The fourth-order valence-electron chi connectivity index (χ4n) is 3.68. The Morgan fingerprint density at radius 1 is 1.38 bits per heavy atom. The third-order valence-electron chi connectivity index (χ3n) is 5.57. The summed E-state index contributed by atoms with van der Waals surface area (Å²) in [5, 5.41) is 7.28. The Bertz CT molecular complexity index is 1170. The second-order valence-electron chi connectivity index (χ2n) is 7.79. The van der Waals surface area contributed by atoms with Gasteiger partial charge in [0.1, 0.15) is 11.9 Å². The van der Waals surface area contributed by atoms with Crippen molar-refractivity contribution in [3.05, 3.63) is 58.2 Å². The molecule has 1 saturated carbocycles. The maximum Gasteiger partial charge on any atom is 0.223 e. The fraction of sp³-hybridized carbons (Fsp3) is 0.318. The molecule has 168 valence electrons. The predicted molar refractivity (Wildman–Crippen MR) is 121 cm³/mol. The molecule has 32 heavy (non-hydrogen) atoms. The van der Waals surface area contributed by atoms with Gasteiger partial charge in [0.15, 0.2) is 11.6 Å². The molecule has 1 amide bonds. The highest BCUT2D eigenvalue weighted by atomic mass is 35.5. The summed E-state index contributed by atoms with van der Waals surface area (Å²) in [5.74, 6) is 0.327. The first-order valence-electron chi connectivity index (χ1n) is 10.1. The van der Waals surface area contributed by atoms with Crippen molar-refractivity contribution < 1.29 is 13.9 Å². The third-order valence-corrected chi connectivity index (χ3v) is 6.28. The average Bonchev–Trinajstić information content (AvgIpc) is 3.37. The first kappa shape index (κ1) is 22.4. The highest BCUT2D eigenvalue weighted by Gasteiger charge is 2.42. The van der Waals surface area contributed by atoms with Crippen molar-refractivity contribution in [2.75, 3.05) is 12.8 Å². The van der Waals surface area contributed by atoms with Crippen LogP contribution in [0.25, 0.3) is 11.1 Å². The van der Waals surface area contributed by atoms with E-state index in [-0.39, 0.29) is 28.6 Å². The van der Waals surface area contributed by atoms with Crippen LogP contribution in [-0.2, 0) is 11.3 Å². The molecule has 2 heterocycles. The molecule has 1 fully saturated rings. The number of nitrogen functional groups attached to an aromatic ring is 1. The maximum absolute atomic E-state index is 13.9. The van der Waals surface area contributed by atoms with Gasteiger partial charge in [0.2, 0.25) is 5.91 Å². The molecule has 3 unspecified atom stereocenters. The SMILES string of the molecule is CNC(=O)C1CC1Cn1cc(-c2cnc(N)c(OC(C)c3c(Cl)ccc(F)c3Cl)c2)cn1. The van der Waals surface area contributed by atoms with Crippen LogP contribution in [0.3, 0.4) is 0 Å². The zero-order valence-corrected chi connectivity index (χ0v) is 19.0. The number of anilines is 1. The first-order valence-corrected chi connectivity index (χ1v) is 10.8. The molecule has 7 nitrogen and oxygen atoms in total. The van der Waals surface area contributed by atoms with E-state index in [1.165, 1.54) is 12.1 Å². The number of benzene rings is 1. The highest BCUT2D eigenvalue weighted by molar-refractivity contribution is 6.36.